The number of aliphatic hydroxyl groups is 1. The van der Waals surface area contributed by atoms with Crippen LogP contribution in [0.4, 0.5) is 30.6 Å². The lowest BCUT2D eigenvalue weighted by molar-refractivity contribution is -0.137. The Morgan fingerprint density at radius 3 is 2.31 bits per heavy atom. The number of aromatic nitrogens is 2. The molecule has 0 radical (unpaired) electrons. The van der Waals surface area contributed by atoms with Crippen LogP contribution in [0.3, 0.4) is 0 Å². The van der Waals surface area contributed by atoms with E-state index in [4.69, 9.17) is 0 Å². The Bertz CT molecular complexity index is 975. The van der Waals surface area contributed by atoms with Gasteiger partial charge in [-0.05, 0) is 51.0 Å². The van der Waals surface area contributed by atoms with Crippen molar-refractivity contribution in [3.8, 4) is 0 Å². The third-order valence-corrected chi connectivity index (χ3v) is 6.86. The van der Waals surface area contributed by atoms with Gasteiger partial charge in [-0.2, -0.15) is 18.2 Å². The number of anilines is 3. The SMILES string of the molecule is C[C@@H](O)[C@@H](C)Nc1nc(Nc2ccc(S(=O)(=O)C3CC3)cc2)ncc1C(F)(F)F. The number of sulfone groups is 1. The molecule has 1 aliphatic rings. The number of nitrogens with one attached hydrogen (secondary N) is 2. The zero-order valence-electron chi connectivity index (χ0n) is 15.7. The number of aliphatic hydroxyl groups excluding tert-OH is 1. The van der Waals surface area contributed by atoms with Gasteiger partial charge in [0.1, 0.15) is 11.4 Å². The molecule has 29 heavy (non-hydrogen) atoms. The zero-order valence-corrected chi connectivity index (χ0v) is 16.5. The molecule has 1 aromatic heterocycles. The van der Waals surface area contributed by atoms with Crippen molar-refractivity contribution in [2.24, 2.45) is 0 Å². The molecular formula is C18H21F3N4O3S. The van der Waals surface area contributed by atoms with E-state index >= 15 is 0 Å². The van der Waals surface area contributed by atoms with E-state index < -0.39 is 39.5 Å². The van der Waals surface area contributed by atoms with Crippen LogP contribution in [0, 0.1) is 0 Å². The van der Waals surface area contributed by atoms with Gasteiger partial charge in [-0.1, -0.05) is 0 Å². The molecule has 1 aliphatic carbocycles. The third kappa shape index (κ3) is 4.96. The Hall–Kier alpha value is -2.40. The first-order valence-corrected chi connectivity index (χ1v) is 10.5. The molecule has 158 valence electrons. The summed E-state index contributed by atoms with van der Waals surface area (Å²) in [5.74, 6) is -0.563. The van der Waals surface area contributed by atoms with Crippen molar-refractivity contribution < 1.29 is 26.7 Å². The fourth-order valence-electron chi connectivity index (χ4n) is 2.52. The summed E-state index contributed by atoms with van der Waals surface area (Å²) < 4.78 is 64.1. The van der Waals surface area contributed by atoms with Crippen LogP contribution < -0.4 is 10.6 Å². The molecule has 0 aliphatic heterocycles. The summed E-state index contributed by atoms with van der Waals surface area (Å²) in [6.45, 7) is 2.97. The first kappa shape index (κ1) is 21.3. The van der Waals surface area contributed by atoms with Gasteiger partial charge in [-0.3, -0.25) is 0 Å². The highest BCUT2D eigenvalue weighted by Crippen LogP contribution is 2.35. The first-order chi connectivity index (χ1) is 13.5. The summed E-state index contributed by atoms with van der Waals surface area (Å²) in [7, 11) is -3.32. The molecule has 3 N–H and O–H groups in total. The molecule has 0 spiro atoms. The standard InChI is InChI=1S/C18H21F3N4O3S/c1-10(11(2)26)23-16-15(18(19,20)21)9-22-17(25-16)24-12-3-5-13(6-4-12)29(27,28)14-7-8-14/h3-6,9-11,14,26H,7-8H2,1-2H3,(H2,22,23,24,25)/t10-,11-/m1/s1. The van der Waals surface area contributed by atoms with Gasteiger partial charge in [-0.15, -0.1) is 0 Å². The van der Waals surface area contributed by atoms with Crippen molar-refractivity contribution in [2.75, 3.05) is 10.6 Å². The van der Waals surface area contributed by atoms with Crippen molar-refractivity contribution in [1.82, 2.24) is 9.97 Å². The van der Waals surface area contributed by atoms with Crippen molar-refractivity contribution in [3.63, 3.8) is 0 Å². The predicted octanol–water partition coefficient (Wildman–Crippen LogP) is 3.36. The van der Waals surface area contributed by atoms with Crippen LogP contribution in [0.2, 0.25) is 0 Å². The molecule has 1 heterocycles. The van der Waals surface area contributed by atoms with Crippen LogP contribution in [0.5, 0.6) is 0 Å². The molecule has 2 aromatic rings. The van der Waals surface area contributed by atoms with Gasteiger partial charge in [-0.25, -0.2) is 13.4 Å². The van der Waals surface area contributed by atoms with Crippen LogP contribution in [-0.2, 0) is 16.0 Å². The van der Waals surface area contributed by atoms with Crippen LogP contribution >= 0.6 is 0 Å². The Morgan fingerprint density at radius 2 is 1.79 bits per heavy atom. The van der Waals surface area contributed by atoms with E-state index in [1.54, 1.807) is 0 Å². The smallest absolute Gasteiger partial charge is 0.391 e. The van der Waals surface area contributed by atoms with E-state index in [0.29, 0.717) is 24.7 Å². The summed E-state index contributed by atoms with van der Waals surface area (Å²) in [5, 5.41) is 14.5. The second-order valence-corrected chi connectivity index (χ2v) is 9.25. The maximum atomic E-state index is 13.2. The summed E-state index contributed by atoms with van der Waals surface area (Å²) in [6.07, 6.45) is -3.61. The van der Waals surface area contributed by atoms with Crippen molar-refractivity contribution in [3.05, 3.63) is 36.0 Å². The van der Waals surface area contributed by atoms with Gasteiger partial charge in [0.15, 0.2) is 9.84 Å². The molecule has 0 amide bonds. The van der Waals surface area contributed by atoms with Crippen LogP contribution in [0.15, 0.2) is 35.4 Å². The minimum Gasteiger partial charge on any atom is -0.391 e. The Kier molecular flexibility index (Phi) is 5.72. The molecule has 0 saturated heterocycles. The summed E-state index contributed by atoms with van der Waals surface area (Å²) in [6, 6.07) is 5.21. The summed E-state index contributed by atoms with van der Waals surface area (Å²) in [5.41, 5.74) is -0.629. The molecular weight excluding hydrogens is 409 g/mol. The maximum absolute atomic E-state index is 13.2. The monoisotopic (exact) mass is 430 g/mol. The second-order valence-electron chi connectivity index (χ2n) is 7.02. The molecule has 1 aromatic carbocycles. The fourth-order valence-corrected chi connectivity index (χ4v) is 4.18. The molecule has 1 fully saturated rings. The molecule has 3 rings (SSSR count). The number of hydrogen-bond acceptors (Lipinski definition) is 7. The topological polar surface area (TPSA) is 104 Å². The highest BCUT2D eigenvalue weighted by molar-refractivity contribution is 7.92. The van der Waals surface area contributed by atoms with Crippen molar-refractivity contribution in [2.45, 2.75) is 55.2 Å². The Morgan fingerprint density at radius 1 is 1.17 bits per heavy atom. The quantitative estimate of drug-likeness (QED) is 0.619. The van der Waals surface area contributed by atoms with Crippen molar-refractivity contribution in [1.29, 1.82) is 0 Å². The summed E-state index contributed by atoms with van der Waals surface area (Å²) in [4.78, 5) is 7.78. The fraction of sp³-hybridized carbons (Fsp3) is 0.444. The molecule has 2 atom stereocenters. The Labute approximate surface area is 166 Å². The highest BCUT2D eigenvalue weighted by Gasteiger charge is 2.37. The number of hydrogen-bond donors (Lipinski definition) is 3. The first-order valence-electron chi connectivity index (χ1n) is 8.98. The van der Waals surface area contributed by atoms with Gasteiger partial charge >= 0.3 is 6.18 Å². The number of alkyl halides is 3. The molecule has 1 saturated carbocycles. The number of rotatable bonds is 7. The molecule has 0 unspecified atom stereocenters. The number of nitrogens with zero attached hydrogens (tertiary/aromatic N) is 2. The lowest BCUT2D eigenvalue weighted by Gasteiger charge is -2.20. The van der Waals surface area contributed by atoms with Crippen LogP contribution in [0.1, 0.15) is 32.3 Å². The van der Waals surface area contributed by atoms with Gasteiger partial charge in [0.25, 0.3) is 0 Å². The van der Waals surface area contributed by atoms with Gasteiger partial charge in [0, 0.05) is 11.9 Å². The molecule has 7 nitrogen and oxygen atoms in total. The van der Waals surface area contributed by atoms with E-state index in [1.165, 1.54) is 38.1 Å². The molecule has 0 bridgehead atoms. The second kappa shape index (κ2) is 7.79. The number of halogens is 3. The predicted molar refractivity (Wildman–Crippen MR) is 102 cm³/mol. The van der Waals surface area contributed by atoms with E-state index in [1.807, 2.05) is 0 Å². The van der Waals surface area contributed by atoms with Gasteiger partial charge in [0.05, 0.1) is 22.3 Å². The number of benzene rings is 1. The van der Waals surface area contributed by atoms with Crippen LogP contribution in [-0.4, -0.2) is 40.9 Å². The lowest BCUT2D eigenvalue weighted by atomic mass is 10.2. The highest BCUT2D eigenvalue weighted by atomic mass is 32.2. The average molecular weight is 430 g/mol. The minimum atomic E-state index is -4.67. The normalized spacial score (nSPS) is 16.9. The van der Waals surface area contributed by atoms with Gasteiger partial charge < -0.3 is 15.7 Å². The minimum absolute atomic E-state index is 0.101. The third-order valence-electron chi connectivity index (χ3n) is 4.58. The largest absolute Gasteiger partial charge is 0.421 e. The zero-order chi connectivity index (χ0) is 21.4. The van der Waals surface area contributed by atoms with E-state index in [9.17, 15) is 26.7 Å². The van der Waals surface area contributed by atoms with Gasteiger partial charge in [0.2, 0.25) is 5.95 Å². The van der Waals surface area contributed by atoms with E-state index in [2.05, 4.69) is 20.6 Å². The van der Waals surface area contributed by atoms with Crippen molar-refractivity contribution >= 4 is 27.3 Å². The van der Waals surface area contributed by atoms with E-state index in [0.717, 1.165) is 0 Å². The maximum Gasteiger partial charge on any atom is 0.421 e. The van der Waals surface area contributed by atoms with Crippen LogP contribution in [0.25, 0.3) is 0 Å². The molecule has 11 heteroatoms. The average Bonchev–Trinajstić information content (AvgIpc) is 3.47. The Balaban J connectivity index is 1.83. The van der Waals surface area contributed by atoms with E-state index in [-0.39, 0.29) is 16.1 Å². The lowest BCUT2D eigenvalue weighted by Crippen LogP contribution is -2.29. The summed E-state index contributed by atoms with van der Waals surface area (Å²) >= 11 is 0.